The molecule has 3 heterocycles. The quantitative estimate of drug-likeness (QED) is 0.207. The molecule has 0 atom stereocenters. The van der Waals surface area contributed by atoms with Gasteiger partial charge in [0, 0.05) is 54.6 Å². The van der Waals surface area contributed by atoms with Crippen molar-refractivity contribution in [3.63, 3.8) is 0 Å². The number of fused-ring (bicyclic) bond motifs is 1. The van der Waals surface area contributed by atoms with Crippen LogP contribution in [0.5, 0.6) is 11.8 Å². The molecule has 0 saturated carbocycles. The van der Waals surface area contributed by atoms with E-state index in [1.807, 2.05) is 42.7 Å². The summed E-state index contributed by atoms with van der Waals surface area (Å²) < 4.78 is 60.0. The normalized spacial score (nSPS) is 11.6. The van der Waals surface area contributed by atoms with E-state index in [1.54, 1.807) is 0 Å². The smallest absolute Gasteiger partial charge is 0.419 e. The van der Waals surface area contributed by atoms with E-state index >= 15 is 0 Å². The molecule has 3 N–H and O–H groups in total. The zero-order chi connectivity index (χ0) is 26.9. The Morgan fingerprint density at radius 1 is 1.05 bits per heavy atom. The third kappa shape index (κ3) is 5.36. The second-order valence-electron chi connectivity index (χ2n) is 8.41. The fourth-order valence-electron chi connectivity index (χ4n) is 3.82. The standard InChI is InChI=1S/C25H22F4N8O/c1-3-37-21-9-17(33-22-8-14(2)35-36-22)5-7-20(21)34-23(37)30-11-15-4-6-18(10-19(15)26)38-24-31-12-16(13-32-24)25(27,28)29/h4-10,12-13H,3,11H2,1-2H3,(H,30,34)(H2,33,35,36). The Kier molecular flexibility index (Phi) is 6.57. The van der Waals surface area contributed by atoms with Gasteiger partial charge in [0.15, 0.2) is 5.82 Å². The van der Waals surface area contributed by atoms with Crippen molar-refractivity contribution in [1.29, 1.82) is 0 Å². The third-order valence-corrected chi connectivity index (χ3v) is 5.67. The van der Waals surface area contributed by atoms with E-state index in [4.69, 9.17) is 4.74 Å². The number of rotatable bonds is 8. The van der Waals surface area contributed by atoms with Crippen LogP contribution in [-0.2, 0) is 19.3 Å². The van der Waals surface area contributed by atoms with Gasteiger partial charge in [-0.05, 0) is 38.1 Å². The van der Waals surface area contributed by atoms with Crippen molar-refractivity contribution in [2.24, 2.45) is 0 Å². The number of H-pyrrole nitrogens is 1. The SMILES string of the molecule is CCn1c(NCc2ccc(Oc3ncc(C(F)(F)F)cn3)cc2F)nc2ccc(Nc3cc(C)[nH]n3)cc21. The monoisotopic (exact) mass is 526 g/mol. The van der Waals surface area contributed by atoms with Crippen LogP contribution in [0.2, 0.25) is 0 Å². The van der Waals surface area contributed by atoms with Crippen molar-refractivity contribution in [3.05, 3.63) is 77.5 Å². The molecular weight excluding hydrogens is 504 g/mol. The number of anilines is 3. The van der Waals surface area contributed by atoms with E-state index in [9.17, 15) is 17.6 Å². The predicted octanol–water partition coefficient (Wildman–Crippen LogP) is 6.18. The van der Waals surface area contributed by atoms with Crippen molar-refractivity contribution in [1.82, 2.24) is 29.7 Å². The molecule has 0 saturated heterocycles. The van der Waals surface area contributed by atoms with Crippen molar-refractivity contribution >= 4 is 28.5 Å². The maximum atomic E-state index is 14.8. The average Bonchev–Trinajstić information content (AvgIpc) is 3.45. The number of aromatic amines is 1. The van der Waals surface area contributed by atoms with Crippen molar-refractivity contribution in [2.45, 2.75) is 33.1 Å². The number of benzene rings is 2. The molecule has 0 radical (unpaired) electrons. The predicted molar refractivity (Wildman–Crippen MR) is 133 cm³/mol. The van der Waals surface area contributed by atoms with Crippen LogP contribution in [0, 0.1) is 12.7 Å². The summed E-state index contributed by atoms with van der Waals surface area (Å²) in [6.07, 6.45) is -3.35. The number of aromatic nitrogens is 6. The largest absolute Gasteiger partial charge is 0.424 e. The summed E-state index contributed by atoms with van der Waals surface area (Å²) in [6, 6.07) is 11.5. The molecule has 0 fully saturated rings. The first-order valence-corrected chi connectivity index (χ1v) is 11.6. The van der Waals surface area contributed by atoms with E-state index in [-0.39, 0.29) is 18.3 Å². The van der Waals surface area contributed by atoms with Crippen LogP contribution in [0.3, 0.4) is 0 Å². The molecule has 0 unspecified atom stereocenters. The molecule has 0 aliphatic rings. The molecule has 0 spiro atoms. The number of aryl methyl sites for hydroxylation is 2. The summed E-state index contributed by atoms with van der Waals surface area (Å²) in [5, 5.41) is 13.5. The number of hydrogen-bond donors (Lipinski definition) is 3. The fourth-order valence-corrected chi connectivity index (χ4v) is 3.82. The van der Waals surface area contributed by atoms with Gasteiger partial charge in [0.1, 0.15) is 11.6 Å². The van der Waals surface area contributed by atoms with E-state index in [2.05, 4.69) is 35.8 Å². The van der Waals surface area contributed by atoms with E-state index < -0.39 is 17.6 Å². The molecule has 0 amide bonds. The second-order valence-corrected chi connectivity index (χ2v) is 8.41. The van der Waals surface area contributed by atoms with Gasteiger partial charge in [-0.15, -0.1) is 0 Å². The summed E-state index contributed by atoms with van der Waals surface area (Å²) in [5.74, 6) is 0.768. The Balaban J connectivity index is 1.28. The van der Waals surface area contributed by atoms with Gasteiger partial charge in [-0.1, -0.05) is 6.07 Å². The van der Waals surface area contributed by atoms with Gasteiger partial charge in [0.25, 0.3) is 0 Å². The van der Waals surface area contributed by atoms with Crippen molar-refractivity contribution < 1.29 is 22.3 Å². The van der Waals surface area contributed by atoms with Gasteiger partial charge in [0.05, 0.1) is 16.6 Å². The van der Waals surface area contributed by atoms with Gasteiger partial charge >= 0.3 is 12.2 Å². The minimum absolute atomic E-state index is 0.0546. The first kappa shape index (κ1) is 25.0. The lowest BCUT2D eigenvalue weighted by Gasteiger charge is -2.11. The lowest BCUT2D eigenvalue weighted by atomic mass is 10.2. The van der Waals surface area contributed by atoms with Crippen LogP contribution in [-0.4, -0.2) is 29.7 Å². The Hall–Kier alpha value is -4.68. The van der Waals surface area contributed by atoms with E-state index in [0.717, 1.165) is 28.5 Å². The highest BCUT2D eigenvalue weighted by Gasteiger charge is 2.31. The molecule has 0 aliphatic carbocycles. The van der Waals surface area contributed by atoms with Gasteiger partial charge < -0.3 is 19.9 Å². The van der Waals surface area contributed by atoms with Crippen molar-refractivity contribution in [3.8, 4) is 11.8 Å². The lowest BCUT2D eigenvalue weighted by Crippen LogP contribution is -2.08. The zero-order valence-corrected chi connectivity index (χ0v) is 20.3. The van der Waals surface area contributed by atoms with Gasteiger partial charge in [-0.2, -0.15) is 18.3 Å². The van der Waals surface area contributed by atoms with Crippen LogP contribution in [0.25, 0.3) is 11.0 Å². The molecule has 13 heteroatoms. The van der Waals surface area contributed by atoms with Crippen LogP contribution in [0.4, 0.5) is 35.0 Å². The first-order chi connectivity index (χ1) is 18.2. The topological polar surface area (TPSA) is 106 Å². The van der Waals surface area contributed by atoms with Crippen molar-refractivity contribution in [2.75, 3.05) is 10.6 Å². The highest BCUT2D eigenvalue weighted by atomic mass is 19.4. The van der Waals surface area contributed by atoms with Gasteiger partial charge in [-0.25, -0.2) is 19.3 Å². The maximum absolute atomic E-state index is 14.8. The molecule has 5 rings (SSSR count). The van der Waals surface area contributed by atoms with Crippen LogP contribution in [0.15, 0.2) is 54.9 Å². The highest BCUT2D eigenvalue weighted by Crippen LogP contribution is 2.29. The number of hydrogen-bond acceptors (Lipinski definition) is 7. The average molecular weight is 526 g/mol. The number of ether oxygens (including phenoxy) is 1. The first-order valence-electron chi connectivity index (χ1n) is 11.6. The molecule has 5 aromatic rings. The fraction of sp³-hybridized carbons (Fsp3) is 0.200. The van der Waals surface area contributed by atoms with Gasteiger partial charge in [-0.3, -0.25) is 5.10 Å². The molecule has 38 heavy (non-hydrogen) atoms. The molecule has 0 bridgehead atoms. The van der Waals surface area contributed by atoms with E-state index in [0.29, 0.717) is 36.3 Å². The lowest BCUT2D eigenvalue weighted by molar-refractivity contribution is -0.138. The highest BCUT2D eigenvalue weighted by molar-refractivity contribution is 5.83. The summed E-state index contributed by atoms with van der Waals surface area (Å²) in [4.78, 5) is 11.7. The molecule has 3 aromatic heterocycles. The Morgan fingerprint density at radius 3 is 2.50 bits per heavy atom. The maximum Gasteiger partial charge on any atom is 0.419 e. The summed E-state index contributed by atoms with van der Waals surface area (Å²) in [6.45, 7) is 4.68. The third-order valence-electron chi connectivity index (χ3n) is 5.67. The van der Waals surface area contributed by atoms with Crippen LogP contribution < -0.4 is 15.4 Å². The number of halogens is 4. The Bertz CT molecular complexity index is 1580. The molecule has 9 nitrogen and oxygen atoms in total. The molecule has 196 valence electrons. The van der Waals surface area contributed by atoms with Crippen LogP contribution >= 0.6 is 0 Å². The summed E-state index contributed by atoms with van der Waals surface area (Å²) >= 11 is 0. The minimum atomic E-state index is -4.56. The molecule has 0 aliphatic heterocycles. The number of imidazole rings is 1. The van der Waals surface area contributed by atoms with Crippen LogP contribution in [0.1, 0.15) is 23.7 Å². The molecule has 2 aromatic carbocycles. The second kappa shape index (κ2) is 10.00. The van der Waals surface area contributed by atoms with Gasteiger partial charge in [0.2, 0.25) is 5.95 Å². The zero-order valence-electron chi connectivity index (χ0n) is 20.3. The Labute approximate surface area is 213 Å². The number of nitrogens with one attached hydrogen (secondary N) is 3. The van der Waals surface area contributed by atoms with E-state index in [1.165, 1.54) is 12.1 Å². The number of nitrogens with zero attached hydrogens (tertiary/aromatic N) is 5. The Morgan fingerprint density at radius 2 is 1.84 bits per heavy atom. The minimum Gasteiger partial charge on any atom is -0.424 e. The molecular formula is C25H22F4N8O. The number of alkyl halides is 3. The summed E-state index contributed by atoms with van der Waals surface area (Å²) in [5.41, 5.74) is 2.81. The summed E-state index contributed by atoms with van der Waals surface area (Å²) in [7, 11) is 0.